The largest absolute Gasteiger partial charge is 0.488 e. The van der Waals surface area contributed by atoms with Gasteiger partial charge in [-0.2, -0.15) is 0 Å². The summed E-state index contributed by atoms with van der Waals surface area (Å²) in [5.41, 5.74) is 1.65. The zero-order valence-corrected chi connectivity index (χ0v) is 16.1. The summed E-state index contributed by atoms with van der Waals surface area (Å²) >= 11 is 0. The topological polar surface area (TPSA) is 63.7 Å². The number of carbonyl (C=O) groups excluding carboxylic acids is 1. The lowest BCUT2D eigenvalue weighted by molar-refractivity contribution is 0.144. The molecule has 6 nitrogen and oxygen atoms in total. The quantitative estimate of drug-likeness (QED) is 0.736. The Hall–Kier alpha value is -2.67. The smallest absolute Gasteiger partial charge is 0.321 e. The minimum atomic E-state index is -0.510. The fraction of sp³-hybridized carbons (Fsp3) is 0.429. The van der Waals surface area contributed by atoms with Crippen molar-refractivity contribution in [2.45, 2.75) is 19.3 Å². The fourth-order valence-corrected chi connectivity index (χ4v) is 3.33. The van der Waals surface area contributed by atoms with Crippen LogP contribution in [-0.4, -0.2) is 49.3 Å². The number of hydrogen-bond acceptors (Lipinski definition) is 4. The van der Waals surface area contributed by atoms with Crippen molar-refractivity contribution in [3.63, 3.8) is 0 Å². The molecule has 0 radical (unpaired) electrons. The predicted octanol–water partition coefficient (Wildman–Crippen LogP) is 3.73. The van der Waals surface area contributed by atoms with Crippen LogP contribution in [0.1, 0.15) is 18.4 Å². The van der Waals surface area contributed by atoms with E-state index in [2.05, 4.69) is 16.4 Å². The summed E-state index contributed by atoms with van der Waals surface area (Å²) in [6.45, 7) is 2.04. The highest BCUT2D eigenvalue weighted by atomic mass is 19.1. The van der Waals surface area contributed by atoms with Crippen LogP contribution in [-0.2, 0) is 11.2 Å². The third kappa shape index (κ3) is 5.66. The number of methoxy groups -OCH3 is 1. The van der Waals surface area contributed by atoms with Crippen molar-refractivity contribution in [1.82, 2.24) is 9.88 Å². The van der Waals surface area contributed by atoms with E-state index in [9.17, 15) is 9.18 Å². The van der Waals surface area contributed by atoms with E-state index >= 15 is 0 Å². The number of urea groups is 1. The number of hydrogen-bond donors (Lipinski definition) is 1. The Morgan fingerprint density at radius 2 is 2.11 bits per heavy atom. The number of nitrogens with one attached hydrogen (secondary N) is 1. The molecule has 7 heteroatoms. The van der Waals surface area contributed by atoms with Crippen molar-refractivity contribution in [3.8, 4) is 5.75 Å². The summed E-state index contributed by atoms with van der Waals surface area (Å²) in [6.07, 6.45) is 6.55. The van der Waals surface area contributed by atoms with Gasteiger partial charge < -0.3 is 19.7 Å². The zero-order valence-electron chi connectivity index (χ0n) is 16.1. The highest BCUT2D eigenvalue weighted by molar-refractivity contribution is 5.89. The van der Waals surface area contributed by atoms with Crippen molar-refractivity contribution >= 4 is 11.7 Å². The number of pyridine rings is 1. The zero-order chi connectivity index (χ0) is 19.8. The van der Waals surface area contributed by atoms with Crippen LogP contribution in [0.15, 0.2) is 42.7 Å². The Balaban J connectivity index is 1.47. The standard InChI is InChI=1S/C21H26FN3O3/c1-27-11-12-28-20-5-4-18(14-19(20)22)24-21(26)25-9-6-16(7-10-25)13-17-3-2-8-23-15-17/h2-5,8,14-16H,6-7,9-13H2,1H3,(H,24,26). The average Bonchev–Trinajstić information content (AvgIpc) is 2.71. The molecule has 0 saturated carbocycles. The lowest BCUT2D eigenvalue weighted by Gasteiger charge is -2.32. The fourth-order valence-electron chi connectivity index (χ4n) is 3.33. The summed E-state index contributed by atoms with van der Waals surface area (Å²) in [7, 11) is 1.56. The molecule has 1 aliphatic rings. The van der Waals surface area contributed by atoms with Gasteiger partial charge in [-0.3, -0.25) is 4.98 Å². The molecule has 2 heterocycles. The van der Waals surface area contributed by atoms with Crippen molar-refractivity contribution < 1.29 is 18.7 Å². The maximum absolute atomic E-state index is 14.1. The van der Waals surface area contributed by atoms with Gasteiger partial charge in [-0.05, 0) is 48.9 Å². The molecular formula is C21H26FN3O3. The van der Waals surface area contributed by atoms with E-state index < -0.39 is 5.82 Å². The first kappa shape index (κ1) is 20.1. The van der Waals surface area contributed by atoms with Gasteiger partial charge in [-0.25, -0.2) is 9.18 Å². The van der Waals surface area contributed by atoms with Crippen LogP contribution < -0.4 is 10.1 Å². The van der Waals surface area contributed by atoms with E-state index in [1.54, 1.807) is 24.3 Å². The molecule has 0 aliphatic carbocycles. The van der Waals surface area contributed by atoms with Crippen LogP contribution in [0, 0.1) is 11.7 Å². The number of benzene rings is 1. The minimum Gasteiger partial charge on any atom is -0.488 e. The normalized spacial score (nSPS) is 14.7. The first-order chi connectivity index (χ1) is 13.7. The summed E-state index contributed by atoms with van der Waals surface area (Å²) < 4.78 is 24.3. The number of likely N-dealkylation sites (tertiary alicyclic amines) is 1. The molecule has 28 heavy (non-hydrogen) atoms. The van der Waals surface area contributed by atoms with E-state index in [0.29, 0.717) is 31.3 Å². The molecule has 1 N–H and O–H groups in total. The molecule has 1 fully saturated rings. The van der Waals surface area contributed by atoms with E-state index in [1.807, 2.05) is 12.3 Å². The first-order valence-electron chi connectivity index (χ1n) is 9.52. The molecule has 0 unspecified atom stereocenters. The molecule has 2 amide bonds. The SMILES string of the molecule is COCCOc1ccc(NC(=O)N2CCC(Cc3cccnc3)CC2)cc1F. The Morgan fingerprint density at radius 3 is 2.79 bits per heavy atom. The highest BCUT2D eigenvalue weighted by Gasteiger charge is 2.23. The number of rotatable bonds is 7. The molecule has 1 saturated heterocycles. The van der Waals surface area contributed by atoms with E-state index in [1.165, 1.54) is 17.7 Å². The molecule has 1 aromatic heterocycles. The number of carbonyl (C=O) groups is 1. The van der Waals surface area contributed by atoms with E-state index in [-0.39, 0.29) is 18.4 Å². The van der Waals surface area contributed by atoms with Gasteiger partial charge in [0.15, 0.2) is 11.6 Å². The molecule has 150 valence electrons. The van der Waals surface area contributed by atoms with Crippen LogP contribution in [0.3, 0.4) is 0 Å². The third-order valence-corrected chi connectivity index (χ3v) is 4.88. The van der Waals surface area contributed by atoms with E-state index in [4.69, 9.17) is 9.47 Å². The molecule has 0 atom stereocenters. The number of piperidine rings is 1. The second-order valence-corrected chi connectivity index (χ2v) is 6.91. The average molecular weight is 387 g/mol. The second kappa shape index (κ2) is 10.0. The summed E-state index contributed by atoms with van der Waals surface area (Å²) in [5.74, 6) is 0.185. The number of anilines is 1. The Bertz CT molecular complexity index is 765. The lowest BCUT2D eigenvalue weighted by Crippen LogP contribution is -2.41. The molecule has 2 aromatic rings. The lowest BCUT2D eigenvalue weighted by atomic mass is 9.91. The van der Waals surface area contributed by atoms with Crippen molar-refractivity contribution in [2.75, 3.05) is 38.7 Å². The molecule has 3 rings (SSSR count). The number of amides is 2. The van der Waals surface area contributed by atoms with Crippen LogP contribution in [0.25, 0.3) is 0 Å². The molecule has 0 spiro atoms. The molecule has 0 bridgehead atoms. The van der Waals surface area contributed by atoms with Crippen LogP contribution in [0.2, 0.25) is 0 Å². The van der Waals surface area contributed by atoms with Gasteiger partial charge >= 0.3 is 6.03 Å². The Morgan fingerprint density at radius 1 is 1.29 bits per heavy atom. The molecule has 1 aliphatic heterocycles. The minimum absolute atomic E-state index is 0.145. The van der Waals surface area contributed by atoms with Gasteiger partial charge in [0.1, 0.15) is 6.61 Å². The van der Waals surface area contributed by atoms with Gasteiger partial charge in [0.2, 0.25) is 0 Å². The first-order valence-corrected chi connectivity index (χ1v) is 9.52. The third-order valence-electron chi connectivity index (χ3n) is 4.88. The van der Waals surface area contributed by atoms with E-state index in [0.717, 1.165) is 19.3 Å². The van der Waals surface area contributed by atoms with Crippen molar-refractivity contribution in [3.05, 3.63) is 54.1 Å². The molecule has 1 aromatic carbocycles. The summed E-state index contributed by atoms with van der Waals surface area (Å²) in [4.78, 5) is 18.4. The monoisotopic (exact) mass is 387 g/mol. The number of aromatic nitrogens is 1. The molecular weight excluding hydrogens is 361 g/mol. The van der Waals surface area contributed by atoms with Crippen LogP contribution in [0.5, 0.6) is 5.75 Å². The van der Waals surface area contributed by atoms with Gasteiger partial charge in [-0.1, -0.05) is 6.07 Å². The highest BCUT2D eigenvalue weighted by Crippen LogP contribution is 2.24. The van der Waals surface area contributed by atoms with Gasteiger partial charge in [-0.15, -0.1) is 0 Å². The maximum atomic E-state index is 14.1. The summed E-state index contributed by atoms with van der Waals surface area (Å²) in [6, 6.07) is 8.26. The Labute approximate surface area is 164 Å². The van der Waals surface area contributed by atoms with Gasteiger partial charge in [0.25, 0.3) is 0 Å². The van der Waals surface area contributed by atoms with Crippen molar-refractivity contribution in [2.24, 2.45) is 5.92 Å². The number of nitrogens with zero attached hydrogens (tertiary/aromatic N) is 2. The van der Waals surface area contributed by atoms with Crippen molar-refractivity contribution in [1.29, 1.82) is 0 Å². The summed E-state index contributed by atoms with van der Waals surface area (Å²) in [5, 5.41) is 2.77. The Kier molecular flexibility index (Phi) is 7.19. The maximum Gasteiger partial charge on any atom is 0.321 e. The second-order valence-electron chi connectivity index (χ2n) is 6.91. The number of ether oxygens (including phenoxy) is 2. The van der Waals surface area contributed by atoms with Gasteiger partial charge in [0, 0.05) is 44.3 Å². The van der Waals surface area contributed by atoms with Gasteiger partial charge in [0.05, 0.1) is 6.61 Å². The van der Waals surface area contributed by atoms with Crippen LogP contribution in [0.4, 0.5) is 14.9 Å². The predicted molar refractivity (Wildman–Crippen MR) is 105 cm³/mol. The van der Waals surface area contributed by atoms with Crippen LogP contribution >= 0.6 is 0 Å². The number of halogens is 1.